The van der Waals surface area contributed by atoms with E-state index in [0.29, 0.717) is 12.1 Å². The number of carbonyl (C=O) groups is 1. The molecule has 0 aliphatic carbocycles. The first-order chi connectivity index (χ1) is 11.1. The Labute approximate surface area is 151 Å². The molecule has 0 saturated heterocycles. The minimum absolute atomic E-state index is 0.362. The summed E-state index contributed by atoms with van der Waals surface area (Å²) in [4.78, 5) is 13.7. The van der Waals surface area contributed by atoms with Crippen LogP contribution in [-0.2, 0) is 33.2 Å². The van der Waals surface area contributed by atoms with Gasteiger partial charge in [0.15, 0.2) is 11.2 Å². The lowest BCUT2D eigenvalue weighted by Crippen LogP contribution is -2.71. The summed E-state index contributed by atoms with van der Waals surface area (Å²) in [5.74, 6) is -2.80. The molecule has 0 aliphatic rings. The summed E-state index contributed by atoms with van der Waals surface area (Å²) in [6.45, 7) is 3.31. The lowest BCUT2D eigenvalue weighted by atomic mass is 9.77. The predicted molar refractivity (Wildman–Crippen MR) is 98.8 cm³/mol. The normalized spacial score (nSPS) is 18.3. The maximum absolute atomic E-state index is 13.7. The molecule has 2 unspecified atom stereocenters. The fourth-order valence-electron chi connectivity index (χ4n) is 3.50. The van der Waals surface area contributed by atoms with Crippen molar-refractivity contribution < 1.29 is 33.2 Å². The second-order valence-corrected chi connectivity index (χ2v) is 7.25. The van der Waals surface area contributed by atoms with Gasteiger partial charge in [0.05, 0.1) is 0 Å². The van der Waals surface area contributed by atoms with Crippen LogP contribution in [0.1, 0.15) is 13.8 Å². The van der Waals surface area contributed by atoms with Gasteiger partial charge in [-0.15, -0.1) is 0 Å². The number of ether oxygens (including phenoxy) is 6. The fraction of sp³-hybridized carbons (Fsp3) is 0.933. The molecule has 24 heavy (non-hydrogen) atoms. The largest absolute Gasteiger partial charge is 0.365 e. The maximum Gasteiger partial charge on any atom is 0.206 e. The molecular formula is C15H34O7Si2. The monoisotopic (exact) mass is 382 g/mol. The number of rotatable bonds is 12. The quantitative estimate of drug-likeness (QED) is 0.314. The van der Waals surface area contributed by atoms with Crippen LogP contribution in [0, 0.1) is 0 Å². The van der Waals surface area contributed by atoms with Crippen molar-refractivity contribution in [3.63, 3.8) is 0 Å². The second kappa shape index (κ2) is 8.99. The van der Waals surface area contributed by atoms with Crippen molar-refractivity contribution >= 4 is 26.3 Å². The summed E-state index contributed by atoms with van der Waals surface area (Å²) in [7, 11) is 10.4. The Morgan fingerprint density at radius 3 is 1.04 bits per heavy atom. The highest BCUT2D eigenvalue weighted by Gasteiger charge is 2.65. The van der Waals surface area contributed by atoms with Crippen LogP contribution >= 0.6 is 0 Å². The molecule has 0 saturated carbocycles. The third-order valence-electron chi connectivity index (χ3n) is 5.39. The standard InChI is InChI=1S/C15H34O7Si2/c1-12(17-3,14(9-23,19-5)20-6)11(16)13(2,18-4)15(10-24,21-7)22-8/h9-10H2,1-8,23-24H3. The Kier molecular flexibility index (Phi) is 8.94. The van der Waals surface area contributed by atoms with Crippen LogP contribution in [0.4, 0.5) is 0 Å². The molecule has 0 N–H and O–H groups in total. The van der Waals surface area contributed by atoms with Crippen LogP contribution in [0.5, 0.6) is 0 Å². The molecule has 0 aromatic rings. The van der Waals surface area contributed by atoms with Crippen LogP contribution in [0.3, 0.4) is 0 Å². The third kappa shape index (κ3) is 3.28. The Bertz CT molecular complexity index is 360. The van der Waals surface area contributed by atoms with Crippen molar-refractivity contribution in [3.8, 4) is 0 Å². The zero-order valence-corrected chi connectivity index (χ0v) is 20.8. The minimum Gasteiger partial charge on any atom is -0.365 e. The molecular weight excluding hydrogens is 348 g/mol. The SMILES string of the molecule is COC(C[SiH3])(OC)C(C)(OC)C(=O)C(C)(OC)C(C[SiH3])(OC)OC. The van der Waals surface area contributed by atoms with Crippen molar-refractivity contribution in [2.75, 3.05) is 42.7 Å². The van der Waals surface area contributed by atoms with Gasteiger partial charge < -0.3 is 28.4 Å². The van der Waals surface area contributed by atoms with E-state index in [1.54, 1.807) is 13.8 Å². The van der Waals surface area contributed by atoms with Crippen LogP contribution in [0.2, 0.25) is 12.1 Å². The molecule has 0 aromatic carbocycles. The first-order valence-electron chi connectivity index (χ1n) is 8.00. The molecule has 7 nitrogen and oxygen atoms in total. The first kappa shape index (κ1) is 23.9. The highest BCUT2D eigenvalue weighted by molar-refractivity contribution is 6.11. The smallest absolute Gasteiger partial charge is 0.206 e. The maximum atomic E-state index is 13.7. The number of methoxy groups -OCH3 is 6. The van der Waals surface area contributed by atoms with E-state index in [9.17, 15) is 4.79 Å². The molecule has 0 amide bonds. The van der Waals surface area contributed by atoms with Gasteiger partial charge in [0.25, 0.3) is 0 Å². The van der Waals surface area contributed by atoms with E-state index < -0.39 is 22.8 Å². The van der Waals surface area contributed by atoms with E-state index in [0.717, 1.165) is 20.5 Å². The molecule has 9 heteroatoms. The Balaban J connectivity index is 6.41. The van der Waals surface area contributed by atoms with Crippen molar-refractivity contribution in [3.05, 3.63) is 0 Å². The van der Waals surface area contributed by atoms with E-state index in [1.807, 2.05) is 0 Å². The van der Waals surface area contributed by atoms with E-state index in [2.05, 4.69) is 0 Å². The molecule has 0 spiro atoms. The zero-order valence-electron chi connectivity index (χ0n) is 16.8. The van der Waals surface area contributed by atoms with Crippen molar-refractivity contribution in [2.45, 2.75) is 48.7 Å². The Hall–Kier alpha value is -0.136. The number of carbonyl (C=O) groups excluding carboxylic acids is 1. The molecule has 2 atom stereocenters. The van der Waals surface area contributed by atoms with Gasteiger partial charge in [-0.25, -0.2) is 0 Å². The van der Waals surface area contributed by atoms with Crippen molar-refractivity contribution in [2.24, 2.45) is 0 Å². The number of ketones is 1. The minimum atomic E-state index is -1.41. The fourth-order valence-corrected chi connectivity index (χ4v) is 6.00. The van der Waals surface area contributed by atoms with Crippen LogP contribution in [-0.4, -0.2) is 91.7 Å². The molecule has 144 valence electrons. The lowest BCUT2D eigenvalue weighted by molar-refractivity contribution is -0.311. The molecule has 0 heterocycles. The molecule has 0 fully saturated rings. The van der Waals surface area contributed by atoms with Gasteiger partial charge in [-0.2, -0.15) is 0 Å². The summed E-state index contributed by atoms with van der Waals surface area (Å²) >= 11 is 0. The molecule has 0 rings (SSSR count). The van der Waals surface area contributed by atoms with Gasteiger partial charge in [-0.3, -0.25) is 4.79 Å². The van der Waals surface area contributed by atoms with Crippen LogP contribution in [0.25, 0.3) is 0 Å². The predicted octanol–water partition coefficient (Wildman–Crippen LogP) is -1.09. The van der Waals surface area contributed by atoms with Gasteiger partial charge >= 0.3 is 0 Å². The van der Waals surface area contributed by atoms with Crippen molar-refractivity contribution in [1.29, 1.82) is 0 Å². The zero-order chi connectivity index (χ0) is 19.2. The number of hydrogen-bond acceptors (Lipinski definition) is 7. The second-order valence-electron chi connectivity index (χ2n) is 5.83. The highest BCUT2D eigenvalue weighted by atomic mass is 28.1. The first-order valence-corrected chi connectivity index (χ1v) is 10.8. The van der Waals surface area contributed by atoms with Gasteiger partial charge in [0.1, 0.15) is 0 Å². The van der Waals surface area contributed by atoms with Gasteiger partial charge in [-0.1, -0.05) is 0 Å². The highest BCUT2D eigenvalue weighted by Crippen LogP contribution is 2.42. The van der Waals surface area contributed by atoms with Gasteiger partial charge in [0, 0.05) is 63.1 Å². The summed E-state index contributed by atoms with van der Waals surface area (Å²) < 4.78 is 33.7. The summed E-state index contributed by atoms with van der Waals surface area (Å²) in [5.41, 5.74) is -2.83. The van der Waals surface area contributed by atoms with E-state index in [1.165, 1.54) is 42.7 Å². The number of Topliss-reactive ketones (excluding diaryl/α,β-unsaturated/α-hetero) is 1. The molecule has 0 aliphatic heterocycles. The van der Waals surface area contributed by atoms with E-state index in [-0.39, 0.29) is 5.78 Å². The van der Waals surface area contributed by atoms with Gasteiger partial charge in [0.2, 0.25) is 17.4 Å². The number of hydrogen-bond donors (Lipinski definition) is 0. The Morgan fingerprint density at radius 2 is 0.917 bits per heavy atom. The molecule has 0 aromatic heterocycles. The molecule has 0 radical (unpaired) electrons. The van der Waals surface area contributed by atoms with Gasteiger partial charge in [-0.05, 0) is 25.9 Å². The van der Waals surface area contributed by atoms with E-state index in [4.69, 9.17) is 28.4 Å². The topological polar surface area (TPSA) is 72.5 Å². The molecule has 0 bridgehead atoms. The average molecular weight is 383 g/mol. The van der Waals surface area contributed by atoms with Crippen molar-refractivity contribution in [1.82, 2.24) is 0 Å². The average Bonchev–Trinajstić information content (AvgIpc) is 2.63. The lowest BCUT2D eigenvalue weighted by Gasteiger charge is -2.51. The van der Waals surface area contributed by atoms with Crippen LogP contribution < -0.4 is 0 Å². The van der Waals surface area contributed by atoms with E-state index >= 15 is 0 Å². The summed E-state index contributed by atoms with van der Waals surface area (Å²) in [5, 5.41) is 0. The van der Waals surface area contributed by atoms with Crippen LogP contribution in [0.15, 0.2) is 0 Å². The third-order valence-corrected chi connectivity index (χ3v) is 7.25. The summed E-state index contributed by atoms with van der Waals surface area (Å²) in [6.07, 6.45) is 0. The Morgan fingerprint density at radius 1 is 0.667 bits per heavy atom. The summed E-state index contributed by atoms with van der Waals surface area (Å²) in [6, 6.07) is 1.06.